The molecule has 0 amide bonds. The average molecular weight is 326 g/mol. The molecule has 4 rings (SSSR count). The summed E-state index contributed by atoms with van der Waals surface area (Å²) in [5.41, 5.74) is 1.76. The second kappa shape index (κ2) is 5.10. The van der Waals surface area contributed by atoms with Crippen LogP contribution in [0, 0.1) is 0 Å². The van der Waals surface area contributed by atoms with Crippen LogP contribution < -0.4 is 11.0 Å². The third-order valence-electron chi connectivity index (χ3n) is 3.73. The fourth-order valence-corrected chi connectivity index (χ4v) is 2.84. The molecule has 3 heterocycles. The molecule has 0 aliphatic rings. The molecule has 0 saturated heterocycles. The van der Waals surface area contributed by atoms with Crippen LogP contribution in [0.2, 0.25) is 5.02 Å². The smallest absolute Gasteiger partial charge is 0.354 e. The fourth-order valence-electron chi connectivity index (χ4n) is 2.68. The molecule has 0 unspecified atom stereocenters. The molecule has 7 heteroatoms. The van der Waals surface area contributed by atoms with E-state index in [9.17, 15) is 4.79 Å². The van der Waals surface area contributed by atoms with Gasteiger partial charge in [-0.3, -0.25) is 4.57 Å². The molecular formula is C16H12ClN5O. The van der Waals surface area contributed by atoms with Crippen molar-refractivity contribution in [2.24, 2.45) is 0 Å². The number of anilines is 1. The lowest BCUT2D eigenvalue weighted by atomic mass is 10.2. The van der Waals surface area contributed by atoms with Gasteiger partial charge in [-0.2, -0.15) is 4.98 Å². The van der Waals surface area contributed by atoms with Gasteiger partial charge < -0.3 is 9.72 Å². The van der Waals surface area contributed by atoms with Crippen LogP contribution in [0.1, 0.15) is 0 Å². The molecule has 3 aromatic heterocycles. The van der Waals surface area contributed by atoms with E-state index in [4.69, 9.17) is 11.6 Å². The van der Waals surface area contributed by atoms with Crippen LogP contribution in [0.3, 0.4) is 0 Å². The van der Waals surface area contributed by atoms with E-state index in [1.807, 2.05) is 35.0 Å². The van der Waals surface area contributed by atoms with E-state index in [1.54, 1.807) is 25.4 Å². The predicted molar refractivity (Wildman–Crippen MR) is 90.6 cm³/mol. The van der Waals surface area contributed by atoms with E-state index in [2.05, 4.69) is 15.3 Å². The van der Waals surface area contributed by atoms with Crippen molar-refractivity contribution in [3.8, 4) is 5.69 Å². The van der Waals surface area contributed by atoms with Crippen molar-refractivity contribution in [2.45, 2.75) is 0 Å². The van der Waals surface area contributed by atoms with Crippen LogP contribution in [-0.2, 0) is 0 Å². The Morgan fingerprint density at radius 2 is 2.04 bits per heavy atom. The molecule has 114 valence electrons. The number of nitrogens with zero attached hydrogens (tertiary/aromatic N) is 4. The number of rotatable bonds is 2. The highest BCUT2D eigenvalue weighted by atomic mass is 35.5. The first kappa shape index (κ1) is 13.8. The lowest BCUT2D eigenvalue weighted by molar-refractivity contribution is 0.956. The maximum atomic E-state index is 12.5. The quantitative estimate of drug-likeness (QED) is 0.615. The Morgan fingerprint density at radius 1 is 1.17 bits per heavy atom. The van der Waals surface area contributed by atoms with Gasteiger partial charge in [-0.15, -0.1) is 0 Å². The van der Waals surface area contributed by atoms with Gasteiger partial charge >= 0.3 is 5.69 Å². The number of nitrogens with one attached hydrogen (secondary N) is 1. The van der Waals surface area contributed by atoms with Crippen LogP contribution in [0.4, 0.5) is 5.82 Å². The Labute approximate surface area is 136 Å². The van der Waals surface area contributed by atoms with Crippen LogP contribution >= 0.6 is 11.6 Å². The normalized spacial score (nSPS) is 11.2. The summed E-state index contributed by atoms with van der Waals surface area (Å²) in [5.74, 6) is 0.528. The van der Waals surface area contributed by atoms with Crippen molar-refractivity contribution in [2.75, 3.05) is 12.4 Å². The Hall–Kier alpha value is -2.86. The van der Waals surface area contributed by atoms with Crippen LogP contribution in [-0.4, -0.2) is 26.0 Å². The first-order valence-corrected chi connectivity index (χ1v) is 7.38. The Bertz CT molecular complexity index is 1100. The standard InChI is InChI=1S/C16H12ClN5O/c1-18-15-12-3-2-10(17)8-13(12)22(16(23)20-15)11-4-6-21-7-5-19-14(21)9-11/h2-9H,1H3,(H,18,20,23). The Morgan fingerprint density at radius 3 is 2.87 bits per heavy atom. The molecule has 0 spiro atoms. The zero-order valence-electron chi connectivity index (χ0n) is 12.2. The van der Waals surface area contributed by atoms with Crippen LogP contribution in [0.15, 0.2) is 53.7 Å². The second-order valence-corrected chi connectivity index (χ2v) is 5.50. The van der Waals surface area contributed by atoms with E-state index in [0.717, 1.165) is 11.0 Å². The van der Waals surface area contributed by atoms with Crippen molar-refractivity contribution >= 4 is 34.0 Å². The van der Waals surface area contributed by atoms with Gasteiger partial charge in [-0.25, -0.2) is 9.78 Å². The molecular weight excluding hydrogens is 314 g/mol. The third kappa shape index (κ3) is 2.15. The lowest BCUT2D eigenvalue weighted by Gasteiger charge is -2.13. The SMILES string of the molecule is CNc1nc(=O)n(-c2ccn3ccnc3c2)c2cc(Cl)ccc12. The van der Waals surface area contributed by atoms with Gasteiger partial charge in [0.1, 0.15) is 11.5 Å². The molecule has 4 aromatic rings. The highest BCUT2D eigenvalue weighted by Crippen LogP contribution is 2.25. The van der Waals surface area contributed by atoms with E-state index >= 15 is 0 Å². The predicted octanol–water partition coefficient (Wildman–Crippen LogP) is 2.73. The molecule has 6 nitrogen and oxygen atoms in total. The highest BCUT2D eigenvalue weighted by molar-refractivity contribution is 6.31. The zero-order chi connectivity index (χ0) is 16.0. The molecule has 0 aliphatic carbocycles. The molecule has 0 bridgehead atoms. The van der Waals surface area contributed by atoms with E-state index < -0.39 is 0 Å². The van der Waals surface area contributed by atoms with Gasteiger partial charge in [0.25, 0.3) is 0 Å². The summed E-state index contributed by atoms with van der Waals surface area (Å²) < 4.78 is 3.41. The van der Waals surface area contributed by atoms with Gasteiger partial charge in [-0.05, 0) is 24.3 Å². The van der Waals surface area contributed by atoms with E-state index in [-0.39, 0.29) is 5.69 Å². The van der Waals surface area contributed by atoms with Crippen molar-refractivity contribution in [3.63, 3.8) is 0 Å². The number of pyridine rings is 1. The monoisotopic (exact) mass is 325 g/mol. The number of hydrogen-bond acceptors (Lipinski definition) is 4. The summed E-state index contributed by atoms with van der Waals surface area (Å²) in [7, 11) is 1.73. The molecule has 1 N–H and O–H groups in total. The first-order valence-electron chi connectivity index (χ1n) is 7.00. The largest absolute Gasteiger partial charge is 0.372 e. The second-order valence-electron chi connectivity index (χ2n) is 5.07. The highest BCUT2D eigenvalue weighted by Gasteiger charge is 2.12. The number of hydrogen-bond donors (Lipinski definition) is 1. The number of fused-ring (bicyclic) bond motifs is 2. The molecule has 1 aromatic carbocycles. The number of benzene rings is 1. The number of aromatic nitrogens is 4. The average Bonchev–Trinajstić information content (AvgIpc) is 3.01. The van der Waals surface area contributed by atoms with Crippen molar-refractivity contribution in [1.29, 1.82) is 0 Å². The minimum Gasteiger partial charge on any atom is -0.372 e. The third-order valence-corrected chi connectivity index (χ3v) is 3.97. The van der Waals surface area contributed by atoms with Crippen LogP contribution in [0.25, 0.3) is 22.2 Å². The number of imidazole rings is 1. The van der Waals surface area contributed by atoms with Gasteiger partial charge in [0.2, 0.25) is 0 Å². The summed E-state index contributed by atoms with van der Waals surface area (Å²) in [4.78, 5) is 20.9. The van der Waals surface area contributed by atoms with Gasteiger partial charge in [-0.1, -0.05) is 11.6 Å². The van der Waals surface area contributed by atoms with Crippen molar-refractivity contribution in [1.82, 2.24) is 18.9 Å². The fraction of sp³-hybridized carbons (Fsp3) is 0.0625. The van der Waals surface area contributed by atoms with Gasteiger partial charge in [0.05, 0.1) is 11.2 Å². The zero-order valence-corrected chi connectivity index (χ0v) is 12.9. The van der Waals surface area contributed by atoms with E-state index in [0.29, 0.717) is 22.0 Å². The Kier molecular flexibility index (Phi) is 3.06. The van der Waals surface area contributed by atoms with E-state index in [1.165, 1.54) is 4.57 Å². The van der Waals surface area contributed by atoms with Crippen molar-refractivity contribution < 1.29 is 0 Å². The summed E-state index contributed by atoms with van der Waals surface area (Å²) in [6.07, 6.45) is 5.41. The summed E-state index contributed by atoms with van der Waals surface area (Å²) in [6, 6.07) is 9.07. The number of halogens is 1. The Balaban J connectivity index is 2.11. The minimum atomic E-state index is -0.375. The molecule has 0 radical (unpaired) electrons. The minimum absolute atomic E-state index is 0.375. The van der Waals surface area contributed by atoms with Gasteiger partial charge in [0, 0.05) is 42.1 Å². The molecule has 0 aliphatic heterocycles. The lowest BCUT2D eigenvalue weighted by Crippen LogP contribution is -2.23. The molecule has 0 saturated carbocycles. The summed E-state index contributed by atoms with van der Waals surface area (Å²) in [5, 5.41) is 4.33. The molecule has 0 fully saturated rings. The first-order chi connectivity index (χ1) is 11.2. The van der Waals surface area contributed by atoms with Gasteiger partial charge in [0.15, 0.2) is 0 Å². The van der Waals surface area contributed by atoms with Crippen LogP contribution in [0.5, 0.6) is 0 Å². The maximum absolute atomic E-state index is 12.5. The van der Waals surface area contributed by atoms with Crippen molar-refractivity contribution in [3.05, 3.63) is 64.4 Å². The summed E-state index contributed by atoms with van der Waals surface area (Å²) >= 11 is 6.13. The molecule has 0 atom stereocenters. The maximum Gasteiger partial charge on any atom is 0.354 e. The topological polar surface area (TPSA) is 64.2 Å². The molecule has 23 heavy (non-hydrogen) atoms. The summed E-state index contributed by atoms with van der Waals surface area (Å²) in [6.45, 7) is 0.